The number of fused-ring (bicyclic) bond motifs is 13. The molecule has 0 saturated heterocycles. The van der Waals surface area contributed by atoms with Crippen LogP contribution in [0, 0.1) is 22.7 Å². The SMILES string of the molecule is CC1(C)c2cc3c4cc5c(cc4n(-c4ccccc4)c3cc2-c2c1cc(-c1ccc(C#N)cc1)c1ccccc21)-c1c(cc(-c2ccc(C#N)cc2)c2ccccc12)C5(C)C. The molecule has 1 heterocycles. The van der Waals surface area contributed by atoms with Crippen LogP contribution in [-0.2, 0) is 10.8 Å². The summed E-state index contributed by atoms with van der Waals surface area (Å²) < 4.78 is 2.49. The van der Waals surface area contributed by atoms with E-state index in [9.17, 15) is 10.5 Å². The first-order chi connectivity index (χ1) is 29.7. The van der Waals surface area contributed by atoms with E-state index in [1.807, 2.05) is 24.3 Å². The van der Waals surface area contributed by atoms with Gasteiger partial charge in [-0.1, -0.05) is 119 Å². The molecule has 0 aliphatic heterocycles. The normalized spacial score (nSPS) is 14.1. The second kappa shape index (κ2) is 12.4. The van der Waals surface area contributed by atoms with Crippen molar-refractivity contribution in [1.29, 1.82) is 10.5 Å². The zero-order chi connectivity index (χ0) is 41.4. The molecule has 1 aromatic heterocycles. The molecule has 2 aliphatic rings. The number of rotatable bonds is 3. The quantitative estimate of drug-likeness (QED) is 0.179. The Morgan fingerprint density at radius 2 is 0.770 bits per heavy atom. The summed E-state index contributed by atoms with van der Waals surface area (Å²) >= 11 is 0. The first-order valence-electron chi connectivity index (χ1n) is 21.0. The molecule has 0 saturated carbocycles. The number of para-hydroxylation sites is 1. The van der Waals surface area contributed by atoms with E-state index in [4.69, 9.17) is 0 Å². The lowest BCUT2D eigenvalue weighted by Gasteiger charge is -2.23. The second-order valence-electron chi connectivity index (χ2n) is 17.9. The van der Waals surface area contributed by atoms with Crippen molar-refractivity contribution in [1.82, 2.24) is 4.57 Å². The van der Waals surface area contributed by atoms with Gasteiger partial charge in [0.05, 0.1) is 34.3 Å². The number of aromatic nitrogens is 1. The van der Waals surface area contributed by atoms with Gasteiger partial charge in [-0.15, -0.1) is 0 Å². The lowest BCUT2D eigenvalue weighted by atomic mass is 9.79. The smallest absolute Gasteiger partial charge is 0.0991 e. The Labute approximate surface area is 355 Å². The molecule has 10 aromatic rings. The van der Waals surface area contributed by atoms with Gasteiger partial charge < -0.3 is 4.57 Å². The molecule has 0 atom stereocenters. The number of hydrogen-bond donors (Lipinski definition) is 0. The number of nitriles is 2. The minimum absolute atomic E-state index is 0.265. The fourth-order valence-corrected chi connectivity index (χ4v) is 10.9. The predicted molar refractivity (Wildman–Crippen MR) is 251 cm³/mol. The molecule has 0 fully saturated rings. The van der Waals surface area contributed by atoms with Crippen molar-refractivity contribution in [2.75, 3.05) is 0 Å². The van der Waals surface area contributed by atoms with E-state index >= 15 is 0 Å². The van der Waals surface area contributed by atoms with Crippen LogP contribution in [0.15, 0.2) is 164 Å². The van der Waals surface area contributed by atoms with Crippen LogP contribution in [0.3, 0.4) is 0 Å². The molecule has 61 heavy (non-hydrogen) atoms. The van der Waals surface area contributed by atoms with Crippen molar-refractivity contribution in [3.05, 3.63) is 197 Å². The molecule has 3 heteroatoms. The van der Waals surface area contributed by atoms with Crippen LogP contribution in [0.1, 0.15) is 61.1 Å². The highest BCUT2D eigenvalue weighted by Gasteiger charge is 2.41. The predicted octanol–water partition coefficient (Wildman–Crippen LogP) is 14.8. The van der Waals surface area contributed by atoms with Gasteiger partial charge in [0, 0.05) is 27.3 Å². The summed E-state index contributed by atoms with van der Waals surface area (Å²) in [5, 5.41) is 26.5. The van der Waals surface area contributed by atoms with Crippen LogP contribution in [0.25, 0.3) is 93.5 Å². The van der Waals surface area contributed by atoms with Crippen molar-refractivity contribution in [2.45, 2.75) is 38.5 Å². The molecule has 12 rings (SSSR count). The monoisotopic (exact) mass is 777 g/mol. The van der Waals surface area contributed by atoms with E-state index in [-0.39, 0.29) is 10.8 Å². The van der Waals surface area contributed by atoms with E-state index in [2.05, 4.69) is 184 Å². The molecule has 3 nitrogen and oxygen atoms in total. The maximum atomic E-state index is 9.54. The van der Waals surface area contributed by atoms with Crippen molar-refractivity contribution >= 4 is 43.4 Å². The van der Waals surface area contributed by atoms with Crippen molar-refractivity contribution in [3.63, 3.8) is 0 Å². The highest BCUT2D eigenvalue weighted by Crippen LogP contribution is 2.57. The van der Waals surface area contributed by atoms with Crippen LogP contribution in [0.4, 0.5) is 0 Å². The number of nitrogens with zero attached hydrogens (tertiary/aromatic N) is 3. The summed E-state index contributed by atoms with van der Waals surface area (Å²) in [6, 6.07) is 63.8. The Kier molecular flexibility index (Phi) is 7.17. The van der Waals surface area contributed by atoms with Gasteiger partial charge in [0.25, 0.3) is 0 Å². The maximum Gasteiger partial charge on any atom is 0.0991 e. The third-order valence-electron chi connectivity index (χ3n) is 14.0. The van der Waals surface area contributed by atoms with Crippen molar-refractivity contribution in [2.24, 2.45) is 0 Å². The van der Waals surface area contributed by atoms with Gasteiger partial charge in [-0.2, -0.15) is 10.5 Å². The highest BCUT2D eigenvalue weighted by atomic mass is 15.0. The van der Waals surface area contributed by atoms with E-state index in [1.165, 1.54) is 99.0 Å². The Hall–Kier alpha value is -7.72. The number of benzene rings is 9. The van der Waals surface area contributed by atoms with Crippen LogP contribution in [0.2, 0.25) is 0 Å². The van der Waals surface area contributed by atoms with Crippen LogP contribution >= 0.6 is 0 Å². The minimum atomic E-state index is -0.265. The summed E-state index contributed by atoms with van der Waals surface area (Å²) in [5.41, 5.74) is 19.5. The van der Waals surface area contributed by atoms with Gasteiger partial charge in [0.2, 0.25) is 0 Å². The molecule has 0 amide bonds. The van der Waals surface area contributed by atoms with Crippen LogP contribution in [0.5, 0.6) is 0 Å². The van der Waals surface area contributed by atoms with Gasteiger partial charge in [-0.3, -0.25) is 0 Å². The molecule has 0 bridgehead atoms. The third-order valence-corrected chi connectivity index (χ3v) is 14.0. The Balaban J connectivity index is 1.14. The fraction of sp³-hybridized carbons (Fsp3) is 0.103. The molecule has 0 radical (unpaired) electrons. The molecule has 9 aromatic carbocycles. The average Bonchev–Trinajstić information content (AvgIpc) is 3.82. The highest BCUT2D eigenvalue weighted by molar-refractivity contribution is 6.17. The maximum absolute atomic E-state index is 9.54. The summed E-state index contributed by atoms with van der Waals surface area (Å²) in [6.07, 6.45) is 0. The minimum Gasteiger partial charge on any atom is -0.309 e. The Bertz CT molecular complexity index is 3400. The Morgan fingerprint density at radius 1 is 0.377 bits per heavy atom. The Morgan fingerprint density at radius 3 is 1.18 bits per heavy atom. The zero-order valence-electron chi connectivity index (χ0n) is 34.4. The van der Waals surface area contributed by atoms with Gasteiger partial charge in [0.15, 0.2) is 0 Å². The summed E-state index contributed by atoms with van der Waals surface area (Å²) in [4.78, 5) is 0. The molecule has 2 aliphatic carbocycles. The first kappa shape index (κ1) is 35.2. The summed E-state index contributed by atoms with van der Waals surface area (Å²) in [5.74, 6) is 0. The van der Waals surface area contributed by atoms with Gasteiger partial charge in [-0.05, 0) is 161 Å². The van der Waals surface area contributed by atoms with E-state index in [1.54, 1.807) is 0 Å². The number of hydrogen-bond acceptors (Lipinski definition) is 2. The van der Waals surface area contributed by atoms with Gasteiger partial charge >= 0.3 is 0 Å². The third kappa shape index (κ3) is 4.78. The average molecular weight is 778 g/mol. The van der Waals surface area contributed by atoms with Gasteiger partial charge in [-0.25, -0.2) is 0 Å². The topological polar surface area (TPSA) is 52.5 Å². The lowest BCUT2D eigenvalue weighted by Crippen LogP contribution is -2.15. The van der Waals surface area contributed by atoms with Crippen LogP contribution < -0.4 is 0 Å². The van der Waals surface area contributed by atoms with Crippen molar-refractivity contribution in [3.8, 4) is 62.3 Å². The first-order valence-corrected chi connectivity index (χ1v) is 21.0. The molecule has 0 unspecified atom stereocenters. The summed E-state index contributed by atoms with van der Waals surface area (Å²) in [7, 11) is 0. The molecule has 0 spiro atoms. The lowest BCUT2D eigenvalue weighted by molar-refractivity contribution is 0.661. The van der Waals surface area contributed by atoms with E-state index in [0.717, 1.165) is 16.8 Å². The van der Waals surface area contributed by atoms with Crippen molar-refractivity contribution < 1.29 is 0 Å². The second-order valence-corrected chi connectivity index (χ2v) is 17.9. The molecular weight excluding hydrogens is 739 g/mol. The van der Waals surface area contributed by atoms with Crippen LogP contribution in [-0.4, -0.2) is 4.57 Å². The molecule has 0 N–H and O–H groups in total. The van der Waals surface area contributed by atoms with Gasteiger partial charge in [0.1, 0.15) is 0 Å². The molecular formula is C58H39N3. The molecule has 286 valence electrons. The largest absolute Gasteiger partial charge is 0.309 e. The van der Waals surface area contributed by atoms with E-state index < -0.39 is 0 Å². The zero-order valence-corrected chi connectivity index (χ0v) is 34.4. The fourth-order valence-electron chi connectivity index (χ4n) is 10.9. The standard InChI is InChI=1S/C58H39N3/c1-57(2)49-28-45-46-29-50-48(56-42-17-11-9-15-40(42)44(27-52(56)58(50,3)4)37-24-20-35(33-60)21-25-37)31-54(46)61(38-12-6-5-7-13-38)53(45)30-47(49)55-41-16-10-8-14-39(41)43(26-51(55)57)36-22-18-34(32-59)19-23-36/h5-31H,1-4H3. The van der Waals surface area contributed by atoms with E-state index in [0.29, 0.717) is 11.1 Å². The summed E-state index contributed by atoms with van der Waals surface area (Å²) in [6.45, 7) is 9.52.